The minimum Gasteiger partial charge on any atom is -0.351 e. The summed E-state index contributed by atoms with van der Waals surface area (Å²) in [6.45, 7) is 0.502. The first-order chi connectivity index (χ1) is 11.8. The molecular weight excluding hydrogens is 300 g/mol. The standard InChI is InChI=1S/C19H24N4O/c24-18(20-12-15-8-4-3-5-9-15)16-13-21-19(22-14-16)23-17-10-6-1-2-7-11-17/h3-5,8-9,13-14,17H,1-2,6-7,10-12H2,(H,20,24)(H,21,22,23). The van der Waals surface area contributed by atoms with Crippen LogP contribution in [0.3, 0.4) is 0 Å². The minimum atomic E-state index is -0.153. The van der Waals surface area contributed by atoms with Crippen LogP contribution < -0.4 is 10.6 Å². The van der Waals surface area contributed by atoms with Crippen LogP contribution in [0.4, 0.5) is 5.95 Å². The van der Waals surface area contributed by atoms with E-state index in [1.165, 1.54) is 38.5 Å². The Hall–Kier alpha value is -2.43. The maximum atomic E-state index is 12.2. The van der Waals surface area contributed by atoms with E-state index in [9.17, 15) is 4.79 Å². The number of carbonyl (C=O) groups excluding carboxylic acids is 1. The summed E-state index contributed by atoms with van der Waals surface area (Å²) in [5.74, 6) is 0.460. The molecule has 0 bridgehead atoms. The average Bonchev–Trinajstić information content (AvgIpc) is 2.90. The number of nitrogens with zero attached hydrogens (tertiary/aromatic N) is 2. The molecule has 1 aromatic carbocycles. The molecule has 1 saturated carbocycles. The molecule has 5 nitrogen and oxygen atoms in total. The molecule has 1 fully saturated rings. The van der Waals surface area contributed by atoms with Gasteiger partial charge < -0.3 is 10.6 Å². The van der Waals surface area contributed by atoms with Crippen molar-refractivity contribution in [2.75, 3.05) is 5.32 Å². The van der Waals surface area contributed by atoms with Gasteiger partial charge in [-0.2, -0.15) is 0 Å². The van der Waals surface area contributed by atoms with Crippen LogP contribution in [-0.4, -0.2) is 21.9 Å². The molecule has 1 heterocycles. The van der Waals surface area contributed by atoms with E-state index in [4.69, 9.17) is 0 Å². The van der Waals surface area contributed by atoms with E-state index in [2.05, 4.69) is 20.6 Å². The molecule has 2 aromatic rings. The van der Waals surface area contributed by atoms with Crippen LogP contribution in [0, 0.1) is 0 Å². The van der Waals surface area contributed by atoms with E-state index in [1.807, 2.05) is 30.3 Å². The number of carbonyl (C=O) groups is 1. The lowest BCUT2D eigenvalue weighted by molar-refractivity contribution is 0.0950. The second kappa shape index (κ2) is 8.43. The van der Waals surface area contributed by atoms with E-state index >= 15 is 0 Å². The Bertz CT molecular complexity index is 634. The van der Waals surface area contributed by atoms with Gasteiger partial charge in [-0.3, -0.25) is 4.79 Å². The molecule has 1 amide bonds. The molecule has 24 heavy (non-hydrogen) atoms. The number of aromatic nitrogens is 2. The van der Waals surface area contributed by atoms with Crippen LogP contribution in [0.1, 0.15) is 54.4 Å². The summed E-state index contributed by atoms with van der Waals surface area (Å²) in [4.78, 5) is 20.7. The number of hydrogen-bond acceptors (Lipinski definition) is 4. The van der Waals surface area contributed by atoms with E-state index in [0.29, 0.717) is 24.1 Å². The monoisotopic (exact) mass is 324 g/mol. The highest BCUT2D eigenvalue weighted by molar-refractivity contribution is 5.93. The van der Waals surface area contributed by atoms with Crippen LogP contribution in [0.15, 0.2) is 42.7 Å². The molecular formula is C19H24N4O. The maximum Gasteiger partial charge on any atom is 0.254 e. The summed E-state index contributed by atoms with van der Waals surface area (Å²) in [5.41, 5.74) is 1.55. The summed E-state index contributed by atoms with van der Waals surface area (Å²) in [7, 11) is 0. The zero-order valence-electron chi connectivity index (χ0n) is 13.9. The van der Waals surface area contributed by atoms with Crippen molar-refractivity contribution < 1.29 is 4.79 Å². The molecule has 1 aromatic heterocycles. The summed E-state index contributed by atoms with van der Waals surface area (Å²) < 4.78 is 0. The summed E-state index contributed by atoms with van der Waals surface area (Å²) >= 11 is 0. The van der Waals surface area contributed by atoms with Gasteiger partial charge in [-0.15, -0.1) is 0 Å². The van der Waals surface area contributed by atoms with Crippen LogP contribution in [0.25, 0.3) is 0 Å². The predicted octanol–water partition coefficient (Wildman–Crippen LogP) is 3.54. The van der Waals surface area contributed by atoms with Crippen molar-refractivity contribution in [3.05, 3.63) is 53.9 Å². The first-order valence-corrected chi connectivity index (χ1v) is 8.72. The van der Waals surface area contributed by atoms with Crippen molar-refractivity contribution in [2.45, 2.75) is 51.1 Å². The molecule has 5 heteroatoms. The van der Waals surface area contributed by atoms with Crippen molar-refractivity contribution in [3.63, 3.8) is 0 Å². The smallest absolute Gasteiger partial charge is 0.254 e. The maximum absolute atomic E-state index is 12.2. The molecule has 3 rings (SSSR count). The molecule has 0 atom stereocenters. The minimum absolute atomic E-state index is 0.153. The van der Waals surface area contributed by atoms with Gasteiger partial charge in [-0.1, -0.05) is 56.0 Å². The van der Waals surface area contributed by atoms with Crippen LogP contribution >= 0.6 is 0 Å². The lowest BCUT2D eigenvalue weighted by Crippen LogP contribution is -2.24. The molecule has 1 aliphatic carbocycles. The molecule has 0 unspecified atom stereocenters. The summed E-state index contributed by atoms with van der Waals surface area (Å²) in [6.07, 6.45) is 10.7. The number of benzene rings is 1. The van der Waals surface area contributed by atoms with Gasteiger partial charge >= 0.3 is 0 Å². The summed E-state index contributed by atoms with van der Waals surface area (Å²) in [6, 6.07) is 10.3. The molecule has 0 saturated heterocycles. The third-order valence-electron chi connectivity index (χ3n) is 4.40. The van der Waals surface area contributed by atoms with Crippen molar-refractivity contribution in [1.82, 2.24) is 15.3 Å². The quantitative estimate of drug-likeness (QED) is 0.826. The fourth-order valence-electron chi connectivity index (χ4n) is 3.01. The van der Waals surface area contributed by atoms with E-state index < -0.39 is 0 Å². The van der Waals surface area contributed by atoms with Gasteiger partial charge in [0.05, 0.1) is 5.56 Å². The fraction of sp³-hybridized carbons (Fsp3) is 0.421. The van der Waals surface area contributed by atoms with Gasteiger partial charge in [-0.05, 0) is 18.4 Å². The average molecular weight is 324 g/mol. The highest BCUT2D eigenvalue weighted by Gasteiger charge is 2.13. The van der Waals surface area contributed by atoms with Gasteiger partial charge in [0.2, 0.25) is 5.95 Å². The zero-order chi connectivity index (χ0) is 16.6. The molecule has 0 radical (unpaired) electrons. The Morgan fingerprint density at radius 3 is 2.33 bits per heavy atom. The highest BCUT2D eigenvalue weighted by Crippen LogP contribution is 2.19. The Kier molecular flexibility index (Phi) is 5.77. The van der Waals surface area contributed by atoms with Crippen molar-refractivity contribution in [1.29, 1.82) is 0 Å². The Morgan fingerprint density at radius 2 is 1.67 bits per heavy atom. The first-order valence-electron chi connectivity index (χ1n) is 8.72. The largest absolute Gasteiger partial charge is 0.351 e. The number of hydrogen-bond donors (Lipinski definition) is 2. The van der Waals surface area contributed by atoms with E-state index in [-0.39, 0.29) is 5.91 Å². The molecule has 0 spiro atoms. The number of amides is 1. The number of anilines is 1. The van der Waals surface area contributed by atoms with Crippen molar-refractivity contribution >= 4 is 11.9 Å². The van der Waals surface area contributed by atoms with Crippen molar-refractivity contribution in [3.8, 4) is 0 Å². The third kappa shape index (κ3) is 4.78. The number of nitrogens with one attached hydrogen (secondary N) is 2. The van der Waals surface area contributed by atoms with Crippen molar-refractivity contribution in [2.24, 2.45) is 0 Å². The van der Waals surface area contributed by atoms with E-state index in [0.717, 1.165) is 5.56 Å². The van der Waals surface area contributed by atoms with Crippen LogP contribution in [0.2, 0.25) is 0 Å². The topological polar surface area (TPSA) is 66.9 Å². The lowest BCUT2D eigenvalue weighted by Gasteiger charge is -2.15. The Morgan fingerprint density at radius 1 is 1.00 bits per heavy atom. The molecule has 126 valence electrons. The van der Waals surface area contributed by atoms with Crippen LogP contribution in [0.5, 0.6) is 0 Å². The zero-order valence-corrected chi connectivity index (χ0v) is 13.9. The SMILES string of the molecule is O=C(NCc1ccccc1)c1cnc(NC2CCCCCC2)nc1. The fourth-order valence-corrected chi connectivity index (χ4v) is 3.01. The first kappa shape index (κ1) is 16.4. The van der Waals surface area contributed by atoms with Gasteiger partial charge in [0, 0.05) is 25.0 Å². The highest BCUT2D eigenvalue weighted by atomic mass is 16.1. The molecule has 2 N–H and O–H groups in total. The van der Waals surface area contributed by atoms with E-state index in [1.54, 1.807) is 12.4 Å². The normalized spacial score (nSPS) is 15.5. The third-order valence-corrected chi connectivity index (χ3v) is 4.40. The van der Waals surface area contributed by atoms with Gasteiger partial charge in [0.1, 0.15) is 0 Å². The summed E-state index contributed by atoms with van der Waals surface area (Å²) in [5, 5.41) is 6.28. The molecule has 1 aliphatic rings. The second-order valence-electron chi connectivity index (χ2n) is 6.30. The number of rotatable bonds is 5. The van der Waals surface area contributed by atoms with Gasteiger partial charge in [0.25, 0.3) is 5.91 Å². The van der Waals surface area contributed by atoms with Gasteiger partial charge in [-0.25, -0.2) is 9.97 Å². The Balaban J connectivity index is 1.52. The predicted molar refractivity (Wildman–Crippen MR) is 94.8 cm³/mol. The van der Waals surface area contributed by atoms with Gasteiger partial charge in [0.15, 0.2) is 0 Å². The molecule has 0 aliphatic heterocycles. The van der Waals surface area contributed by atoms with Crippen LogP contribution in [-0.2, 0) is 6.54 Å². The lowest BCUT2D eigenvalue weighted by atomic mass is 10.1. The second-order valence-corrected chi connectivity index (χ2v) is 6.30. The Labute approximate surface area is 142 Å².